The third kappa shape index (κ3) is 2.18. The standard InChI is InChI=1S/C13H14N4O/c1-9(7-14)8-15-13(18)12-10-5-3-4-6-11(10)17(2)16-12/h3-6,9H,8H2,1-2H3,(H,15,18). The molecule has 0 saturated carbocycles. The van der Waals surface area contributed by atoms with Gasteiger partial charge in [0.15, 0.2) is 5.69 Å². The maximum atomic E-state index is 12.0. The molecule has 2 rings (SSSR count). The lowest BCUT2D eigenvalue weighted by Crippen LogP contribution is -2.28. The highest BCUT2D eigenvalue weighted by molar-refractivity contribution is 6.04. The Morgan fingerprint density at radius 1 is 1.56 bits per heavy atom. The van der Waals surface area contributed by atoms with Gasteiger partial charge >= 0.3 is 0 Å². The molecular weight excluding hydrogens is 228 g/mol. The molecule has 0 aliphatic heterocycles. The Bertz CT molecular complexity index is 623. The number of fused-ring (bicyclic) bond motifs is 1. The molecule has 5 nitrogen and oxygen atoms in total. The van der Waals surface area contributed by atoms with Crippen molar-refractivity contribution >= 4 is 16.8 Å². The van der Waals surface area contributed by atoms with Gasteiger partial charge in [0, 0.05) is 19.0 Å². The van der Waals surface area contributed by atoms with Crippen LogP contribution in [0.5, 0.6) is 0 Å². The molecule has 0 aliphatic carbocycles. The van der Waals surface area contributed by atoms with Gasteiger partial charge in [-0.1, -0.05) is 18.2 Å². The number of amides is 1. The van der Waals surface area contributed by atoms with Gasteiger partial charge in [-0.3, -0.25) is 9.48 Å². The fourth-order valence-corrected chi connectivity index (χ4v) is 1.76. The number of para-hydroxylation sites is 1. The molecule has 0 saturated heterocycles. The molecule has 1 unspecified atom stereocenters. The minimum absolute atomic E-state index is 0.205. The first-order valence-electron chi connectivity index (χ1n) is 5.73. The van der Waals surface area contributed by atoms with Gasteiger partial charge in [-0.2, -0.15) is 10.4 Å². The molecule has 0 spiro atoms. The molecule has 1 heterocycles. The van der Waals surface area contributed by atoms with Crippen LogP contribution >= 0.6 is 0 Å². The normalized spacial score (nSPS) is 12.1. The van der Waals surface area contributed by atoms with Gasteiger partial charge in [0.1, 0.15) is 0 Å². The van der Waals surface area contributed by atoms with Crippen LogP contribution in [-0.4, -0.2) is 22.2 Å². The third-order valence-electron chi connectivity index (χ3n) is 2.76. The van der Waals surface area contributed by atoms with E-state index >= 15 is 0 Å². The summed E-state index contributed by atoms with van der Waals surface area (Å²) < 4.78 is 1.68. The number of nitrogens with one attached hydrogen (secondary N) is 1. The average molecular weight is 242 g/mol. The van der Waals surface area contributed by atoms with E-state index in [1.165, 1.54) is 0 Å². The summed E-state index contributed by atoms with van der Waals surface area (Å²) in [7, 11) is 1.80. The first-order valence-corrected chi connectivity index (χ1v) is 5.73. The number of aryl methyl sites for hydroxylation is 1. The maximum absolute atomic E-state index is 12.0. The Morgan fingerprint density at radius 2 is 2.28 bits per heavy atom. The summed E-state index contributed by atoms with van der Waals surface area (Å²) in [5.74, 6) is -0.446. The second kappa shape index (κ2) is 4.88. The Balaban J connectivity index is 2.26. The smallest absolute Gasteiger partial charge is 0.272 e. The third-order valence-corrected chi connectivity index (χ3v) is 2.76. The van der Waals surface area contributed by atoms with Gasteiger partial charge in [0.05, 0.1) is 17.5 Å². The van der Waals surface area contributed by atoms with Crippen molar-refractivity contribution in [2.24, 2.45) is 13.0 Å². The van der Waals surface area contributed by atoms with Gasteiger partial charge in [-0.15, -0.1) is 0 Å². The van der Waals surface area contributed by atoms with Crippen LogP contribution in [0.15, 0.2) is 24.3 Å². The Hall–Kier alpha value is -2.35. The van der Waals surface area contributed by atoms with Crippen LogP contribution < -0.4 is 5.32 Å². The molecule has 92 valence electrons. The molecule has 1 aromatic heterocycles. The van der Waals surface area contributed by atoms with Crippen LogP contribution in [0.3, 0.4) is 0 Å². The minimum atomic E-state index is -0.242. The van der Waals surface area contributed by atoms with E-state index in [1.807, 2.05) is 24.3 Å². The van der Waals surface area contributed by atoms with Crippen molar-refractivity contribution in [3.8, 4) is 6.07 Å². The van der Waals surface area contributed by atoms with E-state index in [0.29, 0.717) is 12.2 Å². The highest BCUT2D eigenvalue weighted by Crippen LogP contribution is 2.17. The van der Waals surface area contributed by atoms with Gasteiger partial charge < -0.3 is 5.32 Å². The predicted molar refractivity (Wildman–Crippen MR) is 67.8 cm³/mol. The predicted octanol–water partition coefficient (Wildman–Crippen LogP) is 1.46. The van der Waals surface area contributed by atoms with E-state index in [4.69, 9.17) is 5.26 Å². The fraction of sp³-hybridized carbons (Fsp3) is 0.308. The Morgan fingerprint density at radius 3 is 3.00 bits per heavy atom. The van der Waals surface area contributed by atoms with E-state index in [1.54, 1.807) is 18.7 Å². The van der Waals surface area contributed by atoms with Crippen molar-refractivity contribution in [3.05, 3.63) is 30.0 Å². The van der Waals surface area contributed by atoms with Gasteiger partial charge in [-0.05, 0) is 13.0 Å². The number of nitriles is 1. The zero-order valence-electron chi connectivity index (χ0n) is 10.3. The highest BCUT2D eigenvalue weighted by atomic mass is 16.1. The minimum Gasteiger partial charge on any atom is -0.349 e. The molecule has 1 aromatic carbocycles. The second-order valence-electron chi connectivity index (χ2n) is 4.23. The van der Waals surface area contributed by atoms with Crippen molar-refractivity contribution < 1.29 is 4.79 Å². The number of nitrogens with zero attached hydrogens (tertiary/aromatic N) is 3. The van der Waals surface area contributed by atoms with Crippen LogP contribution in [-0.2, 0) is 7.05 Å². The fourth-order valence-electron chi connectivity index (χ4n) is 1.76. The van der Waals surface area contributed by atoms with Gasteiger partial charge in [-0.25, -0.2) is 0 Å². The van der Waals surface area contributed by atoms with Crippen molar-refractivity contribution in [2.45, 2.75) is 6.92 Å². The zero-order valence-corrected chi connectivity index (χ0v) is 10.3. The van der Waals surface area contributed by atoms with Crippen LogP contribution in [0.2, 0.25) is 0 Å². The number of carbonyl (C=O) groups excluding carboxylic acids is 1. The number of aromatic nitrogens is 2. The summed E-state index contributed by atoms with van der Waals surface area (Å²) >= 11 is 0. The van der Waals surface area contributed by atoms with E-state index in [0.717, 1.165) is 10.9 Å². The summed E-state index contributed by atoms with van der Waals surface area (Å²) in [6.07, 6.45) is 0. The van der Waals surface area contributed by atoms with Crippen LogP contribution in [0.1, 0.15) is 17.4 Å². The number of carbonyl (C=O) groups is 1. The lowest BCUT2D eigenvalue weighted by atomic mass is 10.2. The van der Waals surface area contributed by atoms with Crippen molar-refractivity contribution in [1.82, 2.24) is 15.1 Å². The molecule has 18 heavy (non-hydrogen) atoms. The highest BCUT2D eigenvalue weighted by Gasteiger charge is 2.15. The summed E-state index contributed by atoms with van der Waals surface area (Å²) in [6.45, 7) is 2.09. The van der Waals surface area contributed by atoms with Gasteiger partial charge in [0.2, 0.25) is 0 Å². The molecule has 0 aliphatic rings. The van der Waals surface area contributed by atoms with Crippen molar-refractivity contribution in [2.75, 3.05) is 6.54 Å². The Kier molecular flexibility index (Phi) is 3.28. The molecule has 2 aromatic rings. The van der Waals surface area contributed by atoms with E-state index in [2.05, 4.69) is 16.5 Å². The monoisotopic (exact) mass is 242 g/mol. The van der Waals surface area contributed by atoms with Crippen molar-refractivity contribution in [3.63, 3.8) is 0 Å². The number of benzene rings is 1. The lowest BCUT2D eigenvalue weighted by molar-refractivity contribution is 0.0946. The quantitative estimate of drug-likeness (QED) is 0.885. The summed E-state index contributed by atoms with van der Waals surface area (Å²) in [4.78, 5) is 12.0. The van der Waals surface area contributed by atoms with E-state index in [-0.39, 0.29) is 11.8 Å². The largest absolute Gasteiger partial charge is 0.349 e. The van der Waals surface area contributed by atoms with E-state index in [9.17, 15) is 4.79 Å². The first-order chi connectivity index (χ1) is 8.63. The summed E-state index contributed by atoms with van der Waals surface area (Å²) in [5.41, 5.74) is 1.31. The number of hydrogen-bond acceptors (Lipinski definition) is 3. The molecular formula is C13H14N4O. The number of hydrogen-bond donors (Lipinski definition) is 1. The zero-order chi connectivity index (χ0) is 13.1. The number of rotatable bonds is 3. The van der Waals surface area contributed by atoms with E-state index < -0.39 is 0 Å². The second-order valence-corrected chi connectivity index (χ2v) is 4.23. The summed E-state index contributed by atoms with van der Waals surface area (Å²) in [6, 6.07) is 9.63. The molecule has 0 bridgehead atoms. The van der Waals surface area contributed by atoms with Crippen LogP contribution in [0.4, 0.5) is 0 Å². The topological polar surface area (TPSA) is 70.7 Å². The molecule has 1 amide bonds. The lowest BCUT2D eigenvalue weighted by Gasteiger charge is -2.04. The molecule has 5 heteroatoms. The maximum Gasteiger partial charge on any atom is 0.272 e. The Labute approximate surface area is 105 Å². The first kappa shape index (κ1) is 12.1. The molecule has 0 radical (unpaired) electrons. The summed E-state index contributed by atoms with van der Waals surface area (Å²) in [5, 5.41) is 16.4. The van der Waals surface area contributed by atoms with Crippen LogP contribution in [0.25, 0.3) is 10.9 Å². The molecule has 1 atom stereocenters. The van der Waals surface area contributed by atoms with Crippen molar-refractivity contribution in [1.29, 1.82) is 5.26 Å². The SMILES string of the molecule is CC(C#N)CNC(=O)c1nn(C)c2ccccc12. The average Bonchev–Trinajstić information content (AvgIpc) is 2.74. The van der Waals surface area contributed by atoms with Gasteiger partial charge in [0.25, 0.3) is 5.91 Å². The van der Waals surface area contributed by atoms with Crippen LogP contribution in [0, 0.1) is 17.2 Å². The molecule has 1 N–H and O–H groups in total. The molecule has 0 fully saturated rings.